The normalized spacial score (nSPS) is 16.3. The summed E-state index contributed by atoms with van der Waals surface area (Å²) < 4.78 is 9.90. The second-order valence-electron chi connectivity index (χ2n) is 3.45. The van der Waals surface area contributed by atoms with Gasteiger partial charge < -0.3 is 14.8 Å². The van der Waals surface area contributed by atoms with E-state index in [1.807, 2.05) is 0 Å². The number of carbonyl (C=O) groups is 1. The number of amides is 1. The number of nitrogens with zero attached hydrogens (tertiary/aromatic N) is 1. The molecule has 0 bridgehead atoms. The molecule has 5 heteroatoms. The molecule has 1 aliphatic rings. The molecule has 0 spiro atoms. The molecular formula is C11H18N2O3. The third kappa shape index (κ3) is 5.71. The first-order valence-electron chi connectivity index (χ1n) is 5.34. The Labute approximate surface area is 96.1 Å². The Morgan fingerprint density at radius 2 is 2.19 bits per heavy atom. The maximum Gasteiger partial charge on any atom is 0.246 e. The molecule has 0 atom stereocenters. The van der Waals surface area contributed by atoms with Crippen LogP contribution < -0.4 is 5.32 Å². The molecule has 0 aromatic heterocycles. The van der Waals surface area contributed by atoms with Crippen molar-refractivity contribution in [1.82, 2.24) is 10.2 Å². The Kier molecular flexibility index (Phi) is 6.58. The molecule has 0 radical (unpaired) electrons. The van der Waals surface area contributed by atoms with E-state index < -0.39 is 0 Å². The van der Waals surface area contributed by atoms with Gasteiger partial charge in [-0.3, -0.25) is 9.69 Å². The molecule has 0 unspecified atom stereocenters. The first kappa shape index (κ1) is 13.0. The second kappa shape index (κ2) is 8.11. The lowest BCUT2D eigenvalue weighted by Crippen LogP contribution is -2.36. The van der Waals surface area contributed by atoms with Crippen LogP contribution >= 0.6 is 0 Å². The minimum atomic E-state index is -0.136. The summed E-state index contributed by atoms with van der Waals surface area (Å²) in [4.78, 5) is 13.2. The van der Waals surface area contributed by atoms with Gasteiger partial charge in [0, 0.05) is 20.2 Å². The maximum absolute atomic E-state index is 11.0. The first-order valence-corrected chi connectivity index (χ1v) is 5.34. The Morgan fingerprint density at radius 1 is 1.44 bits per heavy atom. The molecule has 1 amide bonds. The van der Waals surface area contributed by atoms with Crippen LogP contribution in [0.5, 0.6) is 0 Å². The van der Waals surface area contributed by atoms with E-state index >= 15 is 0 Å². The summed E-state index contributed by atoms with van der Waals surface area (Å²) in [6.45, 7) is 4.65. The molecule has 1 rings (SSSR count). The lowest BCUT2D eigenvalue weighted by molar-refractivity contribution is -0.124. The predicted molar refractivity (Wildman–Crippen MR) is 59.9 cm³/mol. The highest BCUT2D eigenvalue weighted by Gasteiger charge is 2.07. The van der Waals surface area contributed by atoms with Crippen LogP contribution in [0.1, 0.15) is 0 Å². The van der Waals surface area contributed by atoms with Crippen LogP contribution in [-0.4, -0.2) is 63.9 Å². The van der Waals surface area contributed by atoms with Crippen molar-refractivity contribution in [3.63, 3.8) is 0 Å². The Bertz CT molecular complexity index is 264. The minimum Gasteiger partial charge on any atom is -0.379 e. The molecule has 1 N–H and O–H groups in total. The third-order valence-corrected chi connectivity index (χ3v) is 2.18. The van der Waals surface area contributed by atoms with Gasteiger partial charge in [0.2, 0.25) is 5.91 Å². The van der Waals surface area contributed by atoms with Gasteiger partial charge in [-0.05, 0) is 0 Å². The van der Waals surface area contributed by atoms with Gasteiger partial charge in [-0.25, -0.2) is 0 Å². The van der Waals surface area contributed by atoms with Gasteiger partial charge in [0.1, 0.15) is 6.61 Å². The maximum atomic E-state index is 11.0. The van der Waals surface area contributed by atoms with Gasteiger partial charge in [0.25, 0.3) is 0 Å². The highest BCUT2D eigenvalue weighted by atomic mass is 16.5. The van der Waals surface area contributed by atoms with Gasteiger partial charge in [-0.2, -0.15) is 0 Å². The number of nitrogens with one attached hydrogen (secondary N) is 1. The van der Waals surface area contributed by atoms with Crippen LogP contribution in [0, 0.1) is 11.8 Å². The van der Waals surface area contributed by atoms with Crippen LogP contribution in [0.25, 0.3) is 0 Å². The van der Waals surface area contributed by atoms with Crippen molar-refractivity contribution in [2.24, 2.45) is 0 Å². The van der Waals surface area contributed by atoms with E-state index in [4.69, 9.17) is 4.74 Å². The molecule has 0 aliphatic carbocycles. The fourth-order valence-corrected chi connectivity index (χ4v) is 1.31. The van der Waals surface area contributed by atoms with Crippen molar-refractivity contribution in [1.29, 1.82) is 0 Å². The van der Waals surface area contributed by atoms with Crippen molar-refractivity contribution < 1.29 is 14.3 Å². The zero-order valence-corrected chi connectivity index (χ0v) is 9.62. The lowest BCUT2D eigenvalue weighted by atomic mass is 10.4. The lowest BCUT2D eigenvalue weighted by Gasteiger charge is -2.24. The number of carbonyl (C=O) groups excluding carboxylic acids is 1. The van der Waals surface area contributed by atoms with E-state index in [1.165, 1.54) is 7.11 Å². The number of ether oxygens (including phenoxy) is 2. The van der Waals surface area contributed by atoms with Crippen LogP contribution in [0.2, 0.25) is 0 Å². The summed E-state index contributed by atoms with van der Waals surface area (Å²) in [6.07, 6.45) is 0. The SMILES string of the molecule is COCC(=O)NCC#CCN1CCOCC1. The average molecular weight is 226 g/mol. The number of hydrogen-bond acceptors (Lipinski definition) is 4. The zero-order chi connectivity index (χ0) is 11.6. The highest BCUT2D eigenvalue weighted by Crippen LogP contribution is 1.94. The molecule has 1 aliphatic heterocycles. The molecule has 1 heterocycles. The van der Waals surface area contributed by atoms with E-state index in [9.17, 15) is 4.79 Å². The Balaban J connectivity index is 2.05. The van der Waals surface area contributed by atoms with E-state index in [-0.39, 0.29) is 12.5 Å². The summed E-state index contributed by atoms with van der Waals surface area (Å²) in [5.41, 5.74) is 0. The van der Waals surface area contributed by atoms with Crippen LogP contribution in [0.15, 0.2) is 0 Å². The predicted octanol–water partition coefficient (Wildman–Crippen LogP) is -0.915. The smallest absolute Gasteiger partial charge is 0.246 e. The monoisotopic (exact) mass is 226 g/mol. The molecule has 16 heavy (non-hydrogen) atoms. The Hall–Kier alpha value is -1.09. The fourth-order valence-electron chi connectivity index (χ4n) is 1.31. The van der Waals surface area contributed by atoms with E-state index in [0.717, 1.165) is 32.8 Å². The standard InChI is InChI=1S/C11H18N2O3/c1-15-10-11(14)12-4-2-3-5-13-6-8-16-9-7-13/h4-10H2,1H3,(H,12,14). The Morgan fingerprint density at radius 3 is 2.88 bits per heavy atom. The average Bonchev–Trinajstić information content (AvgIpc) is 2.30. The van der Waals surface area contributed by atoms with E-state index in [2.05, 4.69) is 26.8 Å². The molecule has 1 saturated heterocycles. The molecular weight excluding hydrogens is 208 g/mol. The van der Waals surface area contributed by atoms with Gasteiger partial charge in [-0.1, -0.05) is 11.8 Å². The minimum absolute atomic E-state index is 0.0884. The topological polar surface area (TPSA) is 50.8 Å². The molecule has 1 fully saturated rings. The quantitative estimate of drug-likeness (QED) is 0.630. The zero-order valence-electron chi connectivity index (χ0n) is 9.62. The summed E-state index contributed by atoms with van der Waals surface area (Å²) >= 11 is 0. The number of morpholine rings is 1. The van der Waals surface area contributed by atoms with Gasteiger partial charge in [0.15, 0.2) is 0 Å². The molecule has 5 nitrogen and oxygen atoms in total. The van der Waals surface area contributed by atoms with Crippen molar-refractivity contribution >= 4 is 5.91 Å². The second-order valence-corrected chi connectivity index (χ2v) is 3.45. The number of hydrogen-bond donors (Lipinski definition) is 1. The first-order chi connectivity index (χ1) is 7.83. The van der Waals surface area contributed by atoms with Gasteiger partial charge in [-0.15, -0.1) is 0 Å². The van der Waals surface area contributed by atoms with E-state index in [0.29, 0.717) is 6.54 Å². The molecule has 90 valence electrons. The van der Waals surface area contributed by atoms with Crippen LogP contribution in [0.3, 0.4) is 0 Å². The summed E-state index contributed by atoms with van der Waals surface area (Å²) in [7, 11) is 1.49. The van der Waals surface area contributed by atoms with Gasteiger partial charge >= 0.3 is 0 Å². The van der Waals surface area contributed by atoms with E-state index in [1.54, 1.807) is 0 Å². The molecule has 0 aromatic carbocycles. The third-order valence-electron chi connectivity index (χ3n) is 2.18. The highest BCUT2D eigenvalue weighted by molar-refractivity contribution is 5.77. The molecule has 0 aromatic rings. The van der Waals surface area contributed by atoms with Crippen molar-refractivity contribution in [2.75, 3.05) is 53.1 Å². The summed E-state index contributed by atoms with van der Waals surface area (Å²) in [5, 5.41) is 2.64. The number of rotatable bonds is 4. The van der Waals surface area contributed by atoms with Crippen molar-refractivity contribution in [3.8, 4) is 11.8 Å². The van der Waals surface area contributed by atoms with Crippen molar-refractivity contribution in [3.05, 3.63) is 0 Å². The van der Waals surface area contributed by atoms with Crippen LogP contribution in [-0.2, 0) is 14.3 Å². The van der Waals surface area contributed by atoms with Crippen molar-refractivity contribution in [2.45, 2.75) is 0 Å². The molecule has 0 saturated carbocycles. The van der Waals surface area contributed by atoms with Crippen LogP contribution in [0.4, 0.5) is 0 Å². The fraction of sp³-hybridized carbons (Fsp3) is 0.727. The largest absolute Gasteiger partial charge is 0.379 e. The summed E-state index contributed by atoms with van der Waals surface area (Å²) in [6, 6.07) is 0. The number of methoxy groups -OCH3 is 1. The van der Waals surface area contributed by atoms with Gasteiger partial charge in [0.05, 0.1) is 26.3 Å². The summed E-state index contributed by atoms with van der Waals surface area (Å²) in [5.74, 6) is 5.78.